The molecule has 1 aliphatic rings. The molecular formula is C13H14NO3-. The number of benzene rings is 1. The van der Waals surface area contributed by atoms with Crippen molar-refractivity contribution >= 4 is 11.9 Å². The maximum absolute atomic E-state index is 12.0. The number of carboxylic acids is 1. The predicted molar refractivity (Wildman–Crippen MR) is 59.9 cm³/mol. The van der Waals surface area contributed by atoms with Crippen molar-refractivity contribution in [2.24, 2.45) is 0 Å². The average molecular weight is 232 g/mol. The first-order valence-corrected chi connectivity index (χ1v) is 5.73. The van der Waals surface area contributed by atoms with Gasteiger partial charge in [0, 0.05) is 6.54 Å². The summed E-state index contributed by atoms with van der Waals surface area (Å²) in [5.74, 6) is -1.29. The Morgan fingerprint density at radius 1 is 1.29 bits per heavy atom. The van der Waals surface area contributed by atoms with E-state index in [1.807, 2.05) is 30.3 Å². The van der Waals surface area contributed by atoms with Crippen LogP contribution < -0.4 is 5.11 Å². The van der Waals surface area contributed by atoms with Gasteiger partial charge in [-0.2, -0.15) is 0 Å². The van der Waals surface area contributed by atoms with Crippen molar-refractivity contribution in [3.8, 4) is 0 Å². The maximum atomic E-state index is 12.0. The quantitative estimate of drug-likeness (QED) is 0.735. The summed E-state index contributed by atoms with van der Waals surface area (Å²) in [4.78, 5) is 24.2. The van der Waals surface area contributed by atoms with Crippen LogP contribution in [-0.4, -0.2) is 29.4 Å². The molecule has 1 heterocycles. The summed E-state index contributed by atoms with van der Waals surface area (Å²) in [6.45, 7) is 0.518. The highest BCUT2D eigenvalue weighted by Crippen LogP contribution is 2.18. The van der Waals surface area contributed by atoms with Crippen LogP contribution in [0.3, 0.4) is 0 Å². The lowest BCUT2D eigenvalue weighted by molar-refractivity contribution is -0.310. The largest absolute Gasteiger partial charge is 0.548 e. The van der Waals surface area contributed by atoms with Crippen molar-refractivity contribution in [2.75, 3.05) is 6.54 Å². The average Bonchev–Trinajstić information content (AvgIpc) is 2.79. The van der Waals surface area contributed by atoms with Crippen LogP contribution in [0.15, 0.2) is 30.3 Å². The van der Waals surface area contributed by atoms with Crippen LogP contribution in [0.5, 0.6) is 0 Å². The lowest BCUT2D eigenvalue weighted by Gasteiger charge is -2.25. The van der Waals surface area contributed by atoms with Gasteiger partial charge in [0.25, 0.3) is 0 Å². The Kier molecular flexibility index (Phi) is 3.42. The van der Waals surface area contributed by atoms with Crippen LogP contribution in [0.2, 0.25) is 0 Å². The number of rotatable bonds is 3. The van der Waals surface area contributed by atoms with Crippen molar-refractivity contribution in [3.63, 3.8) is 0 Å². The fourth-order valence-corrected chi connectivity index (χ4v) is 2.18. The van der Waals surface area contributed by atoms with Gasteiger partial charge in [-0.25, -0.2) is 0 Å². The normalized spacial score (nSPS) is 19.3. The minimum absolute atomic E-state index is 0.136. The van der Waals surface area contributed by atoms with Crippen LogP contribution in [0.1, 0.15) is 18.4 Å². The van der Waals surface area contributed by atoms with Gasteiger partial charge in [-0.05, 0) is 18.4 Å². The number of carbonyl (C=O) groups excluding carboxylic acids is 2. The Hall–Kier alpha value is -1.84. The number of aliphatic carboxylic acids is 1. The zero-order valence-electron chi connectivity index (χ0n) is 9.46. The fourth-order valence-electron chi connectivity index (χ4n) is 2.18. The van der Waals surface area contributed by atoms with E-state index < -0.39 is 12.0 Å². The van der Waals surface area contributed by atoms with Crippen LogP contribution in [0, 0.1) is 0 Å². The third-order valence-corrected chi connectivity index (χ3v) is 3.04. The van der Waals surface area contributed by atoms with Crippen molar-refractivity contribution in [1.82, 2.24) is 4.90 Å². The van der Waals surface area contributed by atoms with E-state index in [9.17, 15) is 14.7 Å². The lowest BCUT2D eigenvalue weighted by atomic mass is 10.1. The molecule has 1 aromatic rings. The number of amides is 1. The Labute approximate surface area is 99.9 Å². The van der Waals surface area contributed by atoms with Crippen LogP contribution in [0.25, 0.3) is 0 Å². The molecule has 0 aromatic heterocycles. The molecule has 1 aliphatic heterocycles. The highest BCUT2D eigenvalue weighted by molar-refractivity contribution is 5.84. The van der Waals surface area contributed by atoms with E-state index in [1.165, 1.54) is 4.90 Å². The molecule has 17 heavy (non-hydrogen) atoms. The van der Waals surface area contributed by atoms with Gasteiger partial charge in [-0.3, -0.25) is 4.79 Å². The molecule has 0 N–H and O–H groups in total. The molecule has 1 saturated heterocycles. The standard InChI is InChI=1S/C13H15NO3/c15-12(9-10-5-2-1-3-6-10)14-8-4-7-11(14)13(16)17/h1-3,5-6,11H,4,7-9H2,(H,16,17)/p-1. The predicted octanol–water partition coefficient (Wildman–Crippen LogP) is -0.0300. The summed E-state index contributed by atoms with van der Waals surface area (Å²) >= 11 is 0. The highest BCUT2D eigenvalue weighted by Gasteiger charge is 2.29. The molecule has 1 atom stereocenters. The summed E-state index contributed by atoms with van der Waals surface area (Å²) in [5.41, 5.74) is 0.904. The smallest absolute Gasteiger partial charge is 0.227 e. The molecule has 0 aliphatic carbocycles. The maximum Gasteiger partial charge on any atom is 0.227 e. The number of carboxylic acid groups (broad SMARTS) is 1. The second-order valence-corrected chi connectivity index (χ2v) is 4.23. The van der Waals surface area contributed by atoms with Crippen LogP contribution in [-0.2, 0) is 16.0 Å². The second-order valence-electron chi connectivity index (χ2n) is 4.23. The van der Waals surface area contributed by atoms with Gasteiger partial charge >= 0.3 is 0 Å². The van der Waals surface area contributed by atoms with Crippen molar-refractivity contribution in [2.45, 2.75) is 25.3 Å². The molecule has 1 fully saturated rings. The van der Waals surface area contributed by atoms with Gasteiger partial charge in [0.05, 0.1) is 18.4 Å². The van der Waals surface area contributed by atoms with E-state index in [4.69, 9.17) is 0 Å². The first-order valence-electron chi connectivity index (χ1n) is 5.73. The number of hydrogen-bond donors (Lipinski definition) is 0. The molecule has 0 bridgehead atoms. The minimum atomic E-state index is -1.15. The van der Waals surface area contributed by atoms with Crippen molar-refractivity contribution in [3.05, 3.63) is 35.9 Å². The molecule has 0 radical (unpaired) electrons. The first-order chi connectivity index (χ1) is 8.18. The van der Waals surface area contributed by atoms with E-state index in [0.717, 1.165) is 12.0 Å². The summed E-state index contributed by atoms with van der Waals surface area (Å²) in [7, 11) is 0. The van der Waals surface area contributed by atoms with Gasteiger partial charge in [-0.1, -0.05) is 30.3 Å². The molecule has 90 valence electrons. The van der Waals surface area contributed by atoms with E-state index in [1.54, 1.807) is 0 Å². The first kappa shape index (κ1) is 11.6. The Balaban J connectivity index is 2.03. The lowest BCUT2D eigenvalue weighted by Crippen LogP contribution is -2.47. The van der Waals surface area contributed by atoms with Crippen molar-refractivity contribution in [1.29, 1.82) is 0 Å². The fraction of sp³-hybridized carbons (Fsp3) is 0.385. The van der Waals surface area contributed by atoms with Gasteiger partial charge in [-0.15, -0.1) is 0 Å². The summed E-state index contributed by atoms with van der Waals surface area (Å²) in [5, 5.41) is 10.9. The summed E-state index contributed by atoms with van der Waals surface area (Å²) < 4.78 is 0. The topological polar surface area (TPSA) is 60.4 Å². The van der Waals surface area contributed by atoms with Crippen molar-refractivity contribution < 1.29 is 14.7 Å². The number of likely N-dealkylation sites (tertiary alicyclic amines) is 1. The molecule has 4 nitrogen and oxygen atoms in total. The number of carbonyl (C=O) groups is 2. The van der Waals surface area contributed by atoms with Gasteiger partial charge in [0.1, 0.15) is 0 Å². The zero-order valence-corrected chi connectivity index (χ0v) is 9.46. The molecule has 0 saturated carbocycles. The van der Waals surface area contributed by atoms with Crippen LogP contribution >= 0.6 is 0 Å². The summed E-state index contributed by atoms with van der Waals surface area (Å²) in [6, 6.07) is 8.59. The molecule has 0 spiro atoms. The Bertz CT molecular complexity index is 416. The molecule has 1 aromatic carbocycles. The monoisotopic (exact) mass is 232 g/mol. The van der Waals surface area contributed by atoms with E-state index >= 15 is 0 Å². The van der Waals surface area contributed by atoms with Gasteiger partial charge in [0.15, 0.2) is 0 Å². The third kappa shape index (κ3) is 2.64. The number of nitrogens with zero attached hydrogens (tertiary/aromatic N) is 1. The van der Waals surface area contributed by atoms with Crippen LogP contribution in [0.4, 0.5) is 0 Å². The SMILES string of the molecule is O=C([O-])C1CCCN1C(=O)Cc1ccccc1. The third-order valence-electron chi connectivity index (χ3n) is 3.04. The summed E-state index contributed by atoms with van der Waals surface area (Å²) in [6.07, 6.45) is 1.49. The van der Waals surface area contributed by atoms with E-state index in [-0.39, 0.29) is 12.3 Å². The molecular weight excluding hydrogens is 218 g/mol. The second kappa shape index (κ2) is 4.99. The Morgan fingerprint density at radius 2 is 2.00 bits per heavy atom. The molecule has 2 rings (SSSR count). The molecule has 4 heteroatoms. The van der Waals surface area contributed by atoms with Gasteiger partial charge < -0.3 is 14.8 Å². The zero-order chi connectivity index (χ0) is 12.3. The van der Waals surface area contributed by atoms with E-state index in [2.05, 4.69) is 0 Å². The van der Waals surface area contributed by atoms with E-state index in [0.29, 0.717) is 13.0 Å². The Morgan fingerprint density at radius 3 is 2.65 bits per heavy atom. The van der Waals surface area contributed by atoms with Gasteiger partial charge in [0.2, 0.25) is 5.91 Å². The number of hydrogen-bond acceptors (Lipinski definition) is 3. The molecule has 1 unspecified atom stereocenters. The minimum Gasteiger partial charge on any atom is -0.548 e. The molecule has 1 amide bonds. The highest BCUT2D eigenvalue weighted by atomic mass is 16.4.